The number of anilines is 1. The highest BCUT2D eigenvalue weighted by Crippen LogP contribution is 2.25. The highest BCUT2D eigenvalue weighted by atomic mass is 16.5. The summed E-state index contributed by atoms with van der Waals surface area (Å²) in [5.41, 5.74) is 2.85. The number of nitrogens with zero attached hydrogens (tertiary/aromatic N) is 2. The first-order chi connectivity index (χ1) is 9.34. The summed E-state index contributed by atoms with van der Waals surface area (Å²) in [7, 11) is 0. The summed E-state index contributed by atoms with van der Waals surface area (Å²) in [5.74, 6) is 0.363. The van der Waals surface area contributed by atoms with Crippen LogP contribution in [0.15, 0.2) is 29.1 Å². The first kappa shape index (κ1) is 11.7. The average molecular weight is 258 g/mol. The lowest BCUT2D eigenvalue weighted by Crippen LogP contribution is -2.26. The van der Waals surface area contributed by atoms with Crippen LogP contribution in [0, 0.1) is 0 Å². The standard InChI is InChI=1S/C13H14N4O2/c18-13(15-7-12-16-8-19-17-12)10-3-1-5-11-9(10)4-2-6-14-11/h1,3,5,8,14H,2,4,6-7H2,(H,15,18). The molecule has 2 aromatic rings. The Morgan fingerprint density at radius 1 is 1.47 bits per heavy atom. The zero-order valence-corrected chi connectivity index (χ0v) is 10.3. The molecule has 1 aromatic carbocycles. The van der Waals surface area contributed by atoms with Crippen molar-refractivity contribution < 1.29 is 9.32 Å². The lowest BCUT2D eigenvalue weighted by Gasteiger charge is -2.20. The van der Waals surface area contributed by atoms with Crippen molar-refractivity contribution in [2.24, 2.45) is 0 Å². The van der Waals surface area contributed by atoms with Gasteiger partial charge in [-0.2, -0.15) is 4.98 Å². The summed E-state index contributed by atoms with van der Waals surface area (Å²) >= 11 is 0. The van der Waals surface area contributed by atoms with Crippen LogP contribution in [0.2, 0.25) is 0 Å². The van der Waals surface area contributed by atoms with Gasteiger partial charge in [0.05, 0.1) is 6.54 Å². The number of rotatable bonds is 3. The van der Waals surface area contributed by atoms with Crippen molar-refractivity contribution >= 4 is 11.6 Å². The monoisotopic (exact) mass is 258 g/mol. The highest BCUT2D eigenvalue weighted by Gasteiger charge is 2.17. The Kier molecular flexibility index (Phi) is 3.14. The number of carbonyl (C=O) groups is 1. The SMILES string of the molecule is O=C(NCc1ncon1)c1cccc2c1CCCN2. The van der Waals surface area contributed by atoms with E-state index >= 15 is 0 Å². The molecule has 0 bridgehead atoms. The van der Waals surface area contributed by atoms with E-state index in [9.17, 15) is 4.79 Å². The molecule has 0 fully saturated rings. The second-order valence-electron chi connectivity index (χ2n) is 4.39. The topological polar surface area (TPSA) is 80.1 Å². The minimum atomic E-state index is -0.106. The van der Waals surface area contributed by atoms with Crippen molar-refractivity contribution in [2.45, 2.75) is 19.4 Å². The summed E-state index contributed by atoms with van der Waals surface area (Å²) in [6.07, 6.45) is 3.21. The third kappa shape index (κ3) is 2.42. The molecule has 1 aromatic heterocycles. The van der Waals surface area contributed by atoms with Crippen molar-refractivity contribution in [1.82, 2.24) is 15.5 Å². The molecule has 98 valence electrons. The zero-order chi connectivity index (χ0) is 13.1. The van der Waals surface area contributed by atoms with E-state index in [0.717, 1.165) is 30.6 Å². The number of hydrogen-bond donors (Lipinski definition) is 2. The number of hydrogen-bond acceptors (Lipinski definition) is 5. The normalized spacial score (nSPS) is 13.5. The minimum absolute atomic E-state index is 0.106. The van der Waals surface area contributed by atoms with E-state index in [0.29, 0.717) is 11.4 Å². The van der Waals surface area contributed by atoms with Gasteiger partial charge in [0, 0.05) is 17.8 Å². The first-order valence-electron chi connectivity index (χ1n) is 6.24. The van der Waals surface area contributed by atoms with Gasteiger partial charge in [-0.1, -0.05) is 11.2 Å². The Labute approximate surface area is 110 Å². The fourth-order valence-electron chi connectivity index (χ4n) is 2.25. The van der Waals surface area contributed by atoms with Crippen molar-refractivity contribution in [3.63, 3.8) is 0 Å². The second kappa shape index (κ2) is 5.09. The van der Waals surface area contributed by atoms with Crippen LogP contribution in [0.3, 0.4) is 0 Å². The van der Waals surface area contributed by atoms with E-state index in [1.807, 2.05) is 18.2 Å². The van der Waals surface area contributed by atoms with Gasteiger partial charge >= 0.3 is 0 Å². The van der Waals surface area contributed by atoms with Crippen LogP contribution in [-0.2, 0) is 13.0 Å². The molecular formula is C13H14N4O2. The predicted octanol–water partition coefficient (Wildman–Crippen LogP) is 1.36. The number of benzene rings is 1. The highest BCUT2D eigenvalue weighted by molar-refractivity contribution is 5.97. The fraction of sp³-hybridized carbons (Fsp3) is 0.308. The Morgan fingerprint density at radius 3 is 3.26 bits per heavy atom. The van der Waals surface area contributed by atoms with Crippen LogP contribution in [0.4, 0.5) is 5.69 Å². The summed E-state index contributed by atoms with van der Waals surface area (Å²) in [5, 5.41) is 9.76. The molecule has 3 rings (SSSR count). The van der Waals surface area contributed by atoms with E-state index in [4.69, 9.17) is 0 Å². The van der Waals surface area contributed by atoms with E-state index in [1.165, 1.54) is 6.39 Å². The zero-order valence-electron chi connectivity index (χ0n) is 10.3. The maximum absolute atomic E-state index is 12.2. The molecule has 0 aliphatic carbocycles. The maximum atomic E-state index is 12.2. The van der Waals surface area contributed by atoms with Crippen molar-refractivity contribution in [3.8, 4) is 0 Å². The summed E-state index contributed by atoms with van der Waals surface area (Å²) < 4.78 is 4.62. The van der Waals surface area contributed by atoms with E-state index in [2.05, 4.69) is 25.3 Å². The Bertz CT molecular complexity index is 580. The second-order valence-corrected chi connectivity index (χ2v) is 4.39. The van der Waals surface area contributed by atoms with Crippen LogP contribution >= 0.6 is 0 Å². The number of amides is 1. The largest absolute Gasteiger partial charge is 0.385 e. The van der Waals surface area contributed by atoms with Crippen LogP contribution in [-0.4, -0.2) is 22.6 Å². The molecule has 0 saturated carbocycles. The van der Waals surface area contributed by atoms with Crippen molar-refractivity contribution in [2.75, 3.05) is 11.9 Å². The molecule has 1 amide bonds. The smallest absolute Gasteiger partial charge is 0.252 e. The van der Waals surface area contributed by atoms with Crippen LogP contribution in [0.25, 0.3) is 0 Å². The van der Waals surface area contributed by atoms with Crippen LogP contribution < -0.4 is 10.6 Å². The molecule has 19 heavy (non-hydrogen) atoms. The molecule has 0 atom stereocenters. The molecule has 2 heterocycles. The van der Waals surface area contributed by atoms with Gasteiger partial charge in [0.25, 0.3) is 5.91 Å². The molecule has 0 radical (unpaired) electrons. The van der Waals surface area contributed by atoms with Gasteiger partial charge in [-0.25, -0.2) is 0 Å². The quantitative estimate of drug-likeness (QED) is 0.868. The van der Waals surface area contributed by atoms with Gasteiger partial charge in [0.15, 0.2) is 5.82 Å². The number of nitrogens with one attached hydrogen (secondary N) is 2. The van der Waals surface area contributed by atoms with E-state index in [-0.39, 0.29) is 12.5 Å². The molecule has 6 nitrogen and oxygen atoms in total. The van der Waals surface area contributed by atoms with Gasteiger partial charge in [-0.05, 0) is 30.5 Å². The van der Waals surface area contributed by atoms with Gasteiger partial charge in [-0.3, -0.25) is 4.79 Å². The van der Waals surface area contributed by atoms with Crippen LogP contribution in [0.1, 0.15) is 28.2 Å². The summed E-state index contributed by atoms with van der Waals surface area (Å²) in [6, 6.07) is 5.74. The Morgan fingerprint density at radius 2 is 2.42 bits per heavy atom. The third-order valence-electron chi connectivity index (χ3n) is 3.15. The van der Waals surface area contributed by atoms with E-state index < -0.39 is 0 Å². The molecular weight excluding hydrogens is 244 g/mol. The van der Waals surface area contributed by atoms with Gasteiger partial charge in [-0.15, -0.1) is 0 Å². The number of aromatic nitrogens is 2. The van der Waals surface area contributed by atoms with E-state index in [1.54, 1.807) is 0 Å². The summed E-state index contributed by atoms with van der Waals surface area (Å²) in [6.45, 7) is 1.23. The lowest BCUT2D eigenvalue weighted by molar-refractivity contribution is 0.0948. The predicted molar refractivity (Wildman–Crippen MR) is 68.7 cm³/mol. The molecule has 0 saturated heterocycles. The fourth-order valence-corrected chi connectivity index (χ4v) is 2.25. The molecule has 1 aliphatic rings. The lowest BCUT2D eigenvalue weighted by atomic mass is 9.97. The molecule has 0 unspecified atom stereocenters. The van der Waals surface area contributed by atoms with Gasteiger partial charge in [0.1, 0.15) is 0 Å². The molecule has 6 heteroatoms. The molecule has 1 aliphatic heterocycles. The van der Waals surface area contributed by atoms with Gasteiger partial charge < -0.3 is 15.2 Å². The number of fused-ring (bicyclic) bond motifs is 1. The van der Waals surface area contributed by atoms with Gasteiger partial charge in [0.2, 0.25) is 6.39 Å². The molecule has 0 spiro atoms. The van der Waals surface area contributed by atoms with Crippen LogP contribution in [0.5, 0.6) is 0 Å². The third-order valence-corrected chi connectivity index (χ3v) is 3.15. The van der Waals surface area contributed by atoms with Crippen molar-refractivity contribution in [3.05, 3.63) is 41.5 Å². The molecule has 2 N–H and O–H groups in total. The van der Waals surface area contributed by atoms with Crippen molar-refractivity contribution in [1.29, 1.82) is 0 Å². The average Bonchev–Trinajstić information content (AvgIpc) is 2.97. The first-order valence-corrected chi connectivity index (χ1v) is 6.24. The Hall–Kier alpha value is -2.37. The summed E-state index contributed by atoms with van der Waals surface area (Å²) in [4.78, 5) is 16.1. The maximum Gasteiger partial charge on any atom is 0.252 e. The minimum Gasteiger partial charge on any atom is -0.385 e. The Balaban J connectivity index is 1.76. The number of carbonyl (C=O) groups excluding carboxylic acids is 1.